The molecule has 2 saturated heterocycles. The fourth-order valence-corrected chi connectivity index (χ4v) is 3.25. The first kappa shape index (κ1) is 13.5. The van der Waals surface area contributed by atoms with Crippen LogP contribution in [-0.4, -0.2) is 48.0 Å². The quantitative estimate of drug-likeness (QED) is 0.609. The number of aromatic amines is 1. The van der Waals surface area contributed by atoms with Crippen LogP contribution in [0, 0.1) is 0 Å². The number of aliphatic hydroxyl groups excluding tert-OH is 1. The van der Waals surface area contributed by atoms with Crippen molar-refractivity contribution in [3.8, 4) is 0 Å². The van der Waals surface area contributed by atoms with Gasteiger partial charge in [-0.3, -0.25) is 14.3 Å². The third-order valence-corrected chi connectivity index (χ3v) is 3.96. The highest BCUT2D eigenvalue weighted by molar-refractivity contribution is 7.82. The minimum absolute atomic E-state index is 0.505. The molecule has 4 atom stereocenters. The average Bonchev–Trinajstić information content (AvgIpc) is 2.83. The Bertz CT molecular complexity index is 737. The molecule has 3 heterocycles. The summed E-state index contributed by atoms with van der Waals surface area (Å²) in [6, 6.07) is 1.08. The first-order valence-corrected chi connectivity index (χ1v) is 6.94. The average molecular weight is 306 g/mol. The lowest BCUT2D eigenvalue weighted by Gasteiger charge is -2.17. The second-order valence-corrected chi connectivity index (χ2v) is 5.50. The normalized spacial score (nSPS) is 35.0. The van der Waals surface area contributed by atoms with E-state index in [1.165, 1.54) is 0 Å². The Morgan fingerprint density at radius 1 is 1.30 bits per heavy atom. The predicted molar refractivity (Wildman–Crippen MR) is 61.0 cm³/mol. The summed E-state index contributed by atoms with van der Waals surface area (Å²) in [7, 11) is -4.19. The van der Waals surface area contributed by atoms with Crippen molar-refractivity contribution in [3.05, 3.63) is 33.1 Å². The van der Waals surface area contributed by atoms with Crippen molar-refractivity contribution in [2.75, 3.05) is 6.61 Å². The third-order valence-electron chi connectivity index (χ3n) is 3.05. The summed E-state index contributed by atoms with van der Waals surface area (Å²) in [6.45, 7) is -0.505. The van der Waals surface area contributed by atoms with Crippen LogP contribution in [0.5, 0.6) is 0 Å². The molecule has 0 saturated carbocycles. The lowest BCUT2D eigenvalue weighted by atomic mass is 10.1. The van der Waals surface area contributed by atoms with E-state index >= 15 is 0 Å². The zero-order valence-corrected chi connectivity index (χ0v) is 10.6. The van der Waals surface area contributed by atoms with Crippen molar-refractivity contribution in [1.82, 2.24) is 9.55 Å². The van der Waals surface area contributed by atoms with Gasteiger partial charge in [-0.25, -0.2) is 13.2 Å². The molecule has 20 heavy (non-hydrogen) atoms. The first-order chi connectivity index (χ1) is 9.41. The molecule has 2 N–H and O–H groups in total. The third kappa shape index (κ3) is 2.09. The van der Waals surface area contributed by atoms with E-state index in [4.69, 9.17) is 14.0 Å². The Balaban J connectivity index is 2.02. The minimum atomic E-state index is -4.19. The van der Waals surface area contributed by atoms with Gasteiger partial charge < -0.3 is 9.84 Å². The molecule has 110 valence electrons. The lowest BCUT2D eigenvalue weighted by molar-refractivity contribution is -0.0579. The van der Waals surface area contributed by atoms with Gasteiger partial charge in [-0.1, -0.05) is 0 Å². The first-order valence-electron chi connectivity index (χ1n) is 5.60. The summed E-state index contributed by atoms with van der Waals surface area (Å²) in [4.78, 5) is 24.7. The van der Waals surface area contributed by atoms with Gasteiger partial charge in [-0.05, 0) is 0 Å². The maximum atomic E-state index is 11.7. The van der Waals surface area contributed by atoms with Crippen LogP contribution in [0.1, 0.15) is 6.23 Å². The number of hydrogen-bond acceptors (Lipinski definition) is 8. The molecular formula is C9H10N2O8S. The highest BCUT2D eigenvalue weighted by atomic mass is 32.3. The van der Waals surface area contributed by atoms with Crippen molar-refractivity contribution in [3.63, 3.8) is 0 Å². The molecule has 3 rings (SSSR count). The molecule has 1 unspecified atom stereocenters. The number of ether oxygens (including phenoxy) is 1. The van der Waals surface area contributed by atoms with Gasteiger partial charge in [0.2, 0.25) is 0 Å². The Hall–Kier alpha value is -1.53. The zero-order chi connectivity index (χ0) is 14.5. The van der Waals surface area contributed by atoms with Gasteiger partial charge in [0.15, 0.2) is 12.3 Å². The van der Waals surface area contributed by atoms with Gasteiger partial charge in [-0.2, -0.15) is 8.42 Å². The summed E-state index contributed by atoms with van der Waals surface area (Å²) in [5.74, 6) is 0. The number of fused-ring (bicyclic) bond motifs is 1. The Morgan fingerprint density at radius 3 is 2.65 bits per heavy atom. The van der Waals surface area contributed by atoms with Crippen LogP contribution in [0.2, 0.25) is 0 Å². The number of aromatic nitrogens is 2. The van der Waals surface area contributed by atoms with Gasteiger partial charge in [0, 0.05) is 12.3 Å². The molecule has 0 aromatic carbocycles. The highest BCUT2D eigenvalue weighted by Gasteiger charge is 2.56. The van der Waals surface area contributed by atoms with Crippen LogP contribution in [-0.2, 0) is 23.5 Å². The number of H-pyrrole nitrogens is 1. The van der Waals surface area contributed by atoms with Crippen molar-refractivity contribution in [1.29, 1.82) is 0 Å². The van der Waals surface area contributed by atoms with Crippen LogP contribution in [0.15, 0.2) is 21.9 Å². The van der Waals surface area contributed by atoms with Gasteiger partial charge in [-0.15, -0.1) is 0 Å². The molecule has 1 aromatic rings. The van der Waals surface area contributed by atoms with Crippen LogP contribution < -0.4 is 11.2 Å². The molecule has 0 aliphatic carbocycles. The summed E-state index contributed by atoms with van der Waals surface area (Å²) < 4.78 is 38.3. The predicted octanol–water partition coefficient (Wildman–Crippen LogP) is -2.54. The standard InChI is InChI=1S/C9H10N2O8S/c12-3-4-6-7(19-20(15,16)18-6)8(17-4)11-2-1-5(13)10-9(11)14/h1-2,4,6-8,12H,3H2,(H,10,13,14)/t4-,6?,7+,8-/m1/s1. The number of nitrogens with zero attached hydrogens (tertiary/aromatic N) is 1. The largest absolute Gasteiger partial charge is 0.400 e. The number of hydrogen-bond donors (Lipinski definition) is 2. The monoisotopic (exact) mass is 306 g/mol. The SMILES string of the molecule is O=c1ccn([C@@H]2O[C@H](CO)C3OS(=O)(=O)O[C@@H]32)c(=O)[nH]1. The van der Waals surface area contributed by atoms with E-state index in [1.807, 2.05) is 4.98 Å². The molecule has 0 bridgehead atoms. The van der Waals surface area contributed by atoms with E-state index in [-0.39, 0.29) is 0 Å². The van der Waals surface area contributed by atoms with E-state index in [2.05, 4.69) is 4.18 Å². The number of rotatable bonds is 2. The molecular weight excluding hydrogens is 296 g/mol. The molecule has 0 spiro atoms. The van der Waals surface area contributed by atoms with Gasteiger partial charge in [0.25, 0.3) is 5.56 Å². The molecule has 10 nitrogen and oxygen atoms in total. The van der Waals surface area contributed by atoms with Gasteiger partial charge in [0.1, 0.15) is 12.2 Å². The van der Waals surface area contributed by atoms with Crippen molar-refractivity contribution in [2.45, 2.75) is 24.5 Å². The van der Waals surface area contributed by atoms with E-state index in [1.54, 1.807) is 0 Å². The van der Waals surface area contributed by atoms with Crippen LogP contribution in [0.25, 0.3) is 0 Å². The van der Waals surface area contributed by atoms with Crippen molar-refractivity contribution in [2.24, 2.45) is 0 Å². The van der Waals surface area contributed by atoms with E-state index in [0.29, 0.717) is 0 Å². The molecule has 2 fully saturated rings. The lowest BCUT2D eigenvalue weighted by Crippen LogP contribution is -2.36. The van der Waals surface area contributed by atoms with Crippen molar-refractivity contribution < 1.29 is 26.6 Å². The molecule has 0 amide bonds. The summed E-state index contributed by atoms with van der Waals surface area (Å²) >= 11 is 0. The minimum Gasteiger partial charge on any atom is -0.394 e. The second-order valence-electron chi connectivity index (χ2n) is 4.30. The topological polar surface area (TPSA) is 137 Å². The smallest absolute Gasteiger partial charge is 0.394 e. The van der Waals surface area contributed by atoms with E-state index in [0.717, 1.165) is 16.8 Å². The Labute approximate surface area is 111 Å². The molecule has 11 heteroatoms. The van der Waals surface area contributed by atoms with E-state index < -0.39 is 52.8 Å². The molecule has 0 radical (unpaired) electrons. The maximum Gasteiger partial charge on any atom is 0.400 e. The number of nitrogens with one attached hydrogen (secondary N) is 1. The fourth-order valence-electron chi connectivity index (χ4n) is 2.22. The van der Waals surface area contributed by atoms with Gasteiger partial charge in [0.05, 0.1) is 6.61 Å². The van der Waals surface area contributed by atoms with Crippen LogP contribution in [0.4, 0.5) is 0 Å². The zero-order valence-electron chi connectivity index (χ0n) is 9.83. The van der Waals surface area contributed by atoms with Crippen LogP contribution >= 0.6 is 0 Å². The highest BCUT2D eigenvalue weighted by Crippen LogP contribution is 2.39. The molecule has 2 aliphatic rings. The summed E-state index contributed by atoms with van der Waals surface area (Å²) in [6.07, 6.45) is -3.09. The maximum absolute atomic E-state index is 11.7. The Kier molecular flexibility index (Phi) is 3.02. The Morgan fingerprint density at radius 2 is 2.00 bits per heavy atom. The van der Waals surface area contributed by atoms with Crippen LogP contribution in [0.3, 0.4) is 0 Å². The summed E-state index contributed by atoms with van der Waals surface area (Å²) in [5, 5.41) is 9.16. The molecule has 2 aliphatic heterocycles. The molecule has 1 aromatic heterocycles. The fraction of sp³-hybridized carbons (Fsp3) is 0.556. The second kappa shape index (κ2) is 4.49. The van der Waals surface area contributed by atoms with Crippen molar-refractivity contribution >= 4 is 10.4 Å². The summed E-state index contributed by atoms with van der Waals surface area (Å²) in [5.41, 5.74) is -1.39. The van der Waals surface area contributed by atoms with Gasteiger partial charge >= 0.3 is 16.1 Å². The number of aliphatic hydroxyl groups is 1. The van der Waals surface area contributed by atoms with E-state index in [9.17, 15) is 18.0 Å².